The lowest BCUT2D eigenvalue weighted by atomic mass is 10.1. The van der Waals surface area contributed by atoms with Crippen molar-refractivity contribution in [2.24, 2.45) is 20.5 Å². The summed E-state index contributed by atoms with van der Waals surface area (Å²) in [5.41, 5.74) is 1.67. The van der Waals surface area contributed by atoms with E-state index in [-0.39, 0.29) is 43.9 Å². The van der Waals surface area contributed by atoms with E-state index in [1.807, 2.05) is 0 Å². The van der Waals surface area contributed by atoms with Crippen molar-refractivity contribution >= 4 is 66.4 Å². The summed E-state index contributed by atoms with van der Waals surface area (Å²) in [6.07, 6.45) is 0. The Morgan fingerprint density at radius 3 is 1.67 bits per heavy atom. The number of azo groups is 2. The maximum atomic E-state index is 13.5. The Labute approximate surface area is 249 Å². The third-order valence-electron chi connectivity index (χ3n) is 5.77. The molecule has 0 bridgehead atoms. The van der Waals surface area contributed by atoms with Gasteiger partial charge in [-0.05, 0) is 77.7 Å². The van der Waals surface area contributed by atoms with E-state index < -0.39 is 42.6 Å². The van der Waals surface area contributed by atoms with Crippen molar-refractivity contribution in [3.8, 4) is 16.9 Å². The quantitative estimate of drug-likeness (QED) is 0.144. The average molecular weight is 655 g/mol. The normalized spacial score (nSPS) is 12.4. The highest BCUT2D eigenvalue weighted by molar-refractivity contribution is 7.86. The van der Waals surface area contributed by atoms with Gasteiger partial charge in [0.05, 0.1) is 28.0 Å². The van der Waals surface area contributed by atoms with Crippen molar-refractivity contribution in [2.45, 2.75) is 23.3 Å². The summed E-state index contributed by atoms with van der Waals surface area (Å²) in [6, 6.07) is 15.2. The fourth-order valence-electron chi connectivity index (χ4n) is 3.69. The number of halogens is 4. The van der Waals surface area contributed by atoms with Crippen molar-refractivity contribution in [2.75, 3.05) is 0 Å². The Balaban J connectivity index is 1.56. The summed E-state index contributed by atoms with van der Waals surface area (Å²) < 4.78 is 72.3. The molecule has 2 N–H and O–H groups in total. The molecule has 0 amide bonds. The Morgan fingerprint density at radius 1 is 0.690 bits per heavy atom. The average Bonchev–Trinajstić information content (AvgIpc) is 2.92. The third-order valence-corrected chi connectivity index (χ3v) is 8.12. The lowest BCUT2D eigenvalue weighted by molar-refractivity contribution is 0.278. The first-order valence-electron chi connectivity index (χ1n) is 11.6. The molecule has 0 aliphatic heterocycles. The van der Waals surface area contributed by atoms with E-state index in [1.165, 1.54) is 31.2 Å². The molecular weight excluding hydrogens is 637 g/mol. The molecule has 0 unspecified atom stereocenters. The van der Waals surface area contributed by atoms with Crippen molar-refractivity contribution in [1.82, 2.24) is 0 Å². The number of hydrogen-bond acceptors (Lipinski definition) is 10. The highest BCUT2D eigenvalue weighted by Crippen LogP contribution is 2.37. The molecule has 0 saturated heterocycles. The van der Waals surface area contributed by atoms with Crippen LogP contribution in [-0.4, -0.2) is 27.0 Å². The van der Waals surface area contributed by atoms with E-state index >= 15 is 0 Å². The summed E-state index contributed by atoms with van der Waals surface area (Å²) >= 11 is 12.7. The number of benzene rings is 4. The summed E-state index contributed by atoms with van der Waals surface area (Å²) in [5, 5.41) is 35.2. The number of aryl methyl sites for hydroxylation is 1. The van der Waals surface area contributed by atoms with Gasteiger partial charge in [-0.25, -0.2) is 0 Å². The molecule has 218 valence electrons. The molecule has 0 fully saturated rings. The van der Waals surface area contributed by atoms with Gasteiger partial charge >= 0.3 is 20.4 Å². The second-order valence-corrected chi connectivity index (χ2v) is 12.1. The van der Waals surface area contributed by atoms with Crippen LogP contribution in [0.15, 0.2) is 97.0 Å². The van der Waals surface area contributed by atoms with Gasteiger partial charge in [-0.2, -0.15) is 27.1 Å². The first-order valence-corrected chi connectivity index (χ1v) is 15.1. The minimum atomic E-state index is -5.19. The number of aromatic hydroxyl groups is 1. The molecule has 0 aliphatic rings. The second-order valence-electron chi connectivity index (χ2n) is 8.67. The van der Waals surface area contributed by atoms with Gasteiger partial charge in [0, 0.05) is 0 Å². The number of phenolic OH excluding ortho intramolecular Hbond substituents is 1. The van der Waals surface area contributed by atoms with Crippen LogP contribution < -0.4 is 0 Å². The smallest absolute Gasteiger partial charge is 0.335 e. The Morgan fingerprint density at radius 2 is 1.19 bits per heavy atom. The van der Waals surface area contributed by atoms with Gasteiger partial charge in [0.1, 0.15) is 26.9 Å². The number of rotatable bonds is 8. The molecule has 0 aromatic heterocycles. The van der Waals surface area contributed by atoms with E-state index in [4.69, 9.17) is 23.2 Å². The van der Waals surface area contributed by atoms with E-state index in [1.54, 1.807) is 30.3 Å². The SMILES string of the molecule is Cc1cc(N=Nc2ccc(-c3ccc(N=Nc4ccc(CO)c(S(=O)(=O)F)c4)c(Cl)c3)cc2Cl)cc(S(=O)(=O)F)c1O. The number of phenols is 1. The molecule has 16 heteroatoms. The topological polar surface area (TPSA) is 158 Å². The minimum Gasteiger partial charge on any atom is -0.506 e. The molecule has 42 heavy (non-hydrogen) atoms. The maximum Gasteiger partial charge on any atom is 0.335 e. The van der Waals surface area contributed by atoms with E-state index in [0.29, 0.717) is 11.1 Å². The Bertz CT molecular complexity index is 1990. The molecular formula is C26H18Cl2F2N4O6S2. The zero-order chi connectivity index (χ0) is 30.8. The molecule has 4 aromatic carbocycles. The van der Waals surface area contributed by atoms with Gasteiger partial charge in [-0.1, -0.05) is 41.4 Å². The van der Waals surface area contributed by atoms with Gasteiger partial charge in [-0.3, -0.25) is 0 Å². The molecule has 4 rings (SSSR count). The van der Waals surface area contributed by atoms with Crippen LogP contribution in [0.5, 0.6) is 5.75 Å². The van der Waals surface area contributed by atoms with Crippen LogP contribution >= 0.6 is 23.2 Å². The van der Waals surface area contributed by atoms with Crippen LogP contribution in [-0.2, 0) is 27.1 Å². The molecule has 4 aromatic rings. The largest absolute Gasteiger partial charge is 0.506 e. The van der Waals surface area contributed by atoms with Crippen LogP contribution in [0, 0.1) is 6.92 Å². The van der Waals surface area contributed by atoms with Gasteiger partial charge in [0.15, 0.2) is 0 Å². The van der Waals surface area contributed by atoms with Crippen molar-refractivity contribution < 1.29 is 34.8 Å². The predicted molar refractivity (Wildman–Crippen MR) is 152 cm³/mol. The Hall–Kier alpha value is -3.82. The number of nitrogens with zero attached hydrogens (tertiary/aromatic N) is 4. The monoisotopic (exact) mass is 654 g/mol. The van der Waals surface area contributed by atoms with Crippen LogP contribution in [0.1, 0.15) is 11.1 Å². The van der Waals surface area contributed by atoms with Crippen LogP contribution in [0.2, 0.25) is 10.0 Å². The summed E-state index contributed by atoms with van der Waals surface area (Å²) in [7, 11) is -10.3. The molecule has 0 aliphatic carbocycles. The van der Waals surface area contributed by atoms with Gasteiger partial charge < -0.3 is 10.2 Å². The molecule has 0 radical (unpaired) electrons. The fourth-order valence-corrected chi connectivity index (χ4v) is 5.49. The molecule has 0 saturated carbocycles. The van der Waals surface area contributed by atoms with E-state index in [9.17, 15) is 34.8 Å². The number of aliphatic hydroxyl groups excluding tert-OH is 1. The maximum absolute atomic E-state index is 13.5. The second kappa shape index (κ2) is 12.2. The molecule has 0 atom stereocenters. The van der Waals surface area contributed by atoms with E-state index in [0.717, 1.165) is 12.1 Å². The van der Waals surface area contributed by atoms with Gasteiger partial charge in [0.25, 0.3) is 0 Å². The highest BCUT2D eigenvalue weighted by atomic mass is 35.5. The number of aliphatic hydroxyl groups is 1. The first kappa shape index (κ1) is 31.1. The standard InChI is InChI=1S/C26H18Cl2F2N4O6S2/c1-14-8-19(12-25(26(14)36)42(30,39)40)32-34-23-7-4-16(10-21(23)28)15-3-6-22(20(27)9-15)33-31-18-5-2-17(13-35)24(11-18)41(29,37)38/h2-12,35-36H,13H2,1H3. The van der Waals surface area contributed by atoms with Crippen LogP contribution in [0.25, 0.3) is 11.1 Å². The fraction of sp³-hybridized carbons (Fsp3) is 0.0769. The zero-order valence-corrected chi connectivity index (χ0v) is 24.3. The Kier molecular flexibility index (Phi) is 9.03. The van der Waals surface area contributed by atoms with Gasteiger partial charge in [-0.15, -0.1) is 18.0 Å². The van der Waals surface area contributed by atoms with Gasteiger partial charge in [0.2, 0.25) is 0 Å². The third kappa shape index (κ3) is 7.14. The summed E-state index contributed by atoms with van der Waals surface area (Å²) in [5.74, 6) is -0.719. The van der Waals surface area contributed by atoms with E-state index in [2.05, 4.69) is 20.5 Å². The predicted octanol–water partition coefficient (Wildman–Crippen LogP) is 8.31. The van der Waals surface area contributed by atoms with Crippen LogP contribution in [0.3, 0.4) is 0 Å². The first-order chi connectivity index (χ1) is 19.7. The highest BCUT2D eigenvalue weighted by Gasteiger charge is 2.20. The van der Waals surface area contributed by atoms with Crippen molar-refractivity contribution in [3.63, 3.8) is 0 Å². The molecule has 10 nitrogen and oxygen atoms in total. The summed E-state index contributed by atoms with van der Waals surface area (Å²) in [4.78, 5) is -1.63. The molecule has 0 heterocycles. The zero-order valence-electron chi connectivity index (χ0n) is 21.2. The van der Waals surface area contributed by atoms with Crippen LogP contribution in [0.4, 0.5) is 30.5 Å². The van der Waals surface area contributed by atoms with Crippen molar-refractivity contribution in [1.29, 1.82) is 0 Å². The minimum absolute atomic E-state index is 0.0186. The summed E-state index contributed by atoms with van der Waals surface area (Å²) in [6.45, 7) is 0.704. The lowest BCUT2D eigenvalue weighted by Gasteiger charge is -2.07. The number of hydrogen-bond donors (Lipinski definition) is 2. The molecule has 0 spiro atoms. The van der Waals surface area contributed by atoms with Crippen molar-refractivity contribution in [3.05, 3.63) is 87.9 Å². The lowest BCUT2D eigenvalue weighted by Crippen LogP contribution is -1.98.